The fraction of sp³-hybridized carbons (Fsp3) is 0.636. The predicted octanol–water partition coefficient (Wildman–Crippen LogP) is 4.51. The molecule has 9 heteroatoms. The summed E-state index contributed by atoms with van der Waals surface area (Å²) < 4.78 is 28.7. The Kier molecular flexibility index (Phi) is 12.4. The third-order valence-corrected chi connectivity index (χ3v) is 8.24. The SMILES string of the molecule is CCCCOc1cc([C@@]2(OC)CCNCC2C(=O)N(Cc2cc(CCCOC)cc(OCCOC)c2)C2CC2)ccn1. The van der Waals surface area contributed by atoms with Crippen molar-refractivity contribution in [2.45, 2.75) is 70.1 Å². The minimum absolute atomic E-state index is 0.114. The Bertz CT molecular complexity index is 1100. The zero-order valence-electron chi connectivity index (χ0n) is 25.9. The second-order valence-corrected chi connectivity index (χ2v) is 11.3. The molecule has 2 fully saturated rings. The molecule has 0 radical (unpaired) electrons. The quantitative estimate of drug-likeness (QED) is 0.257. The van der Waals surface area contributed by atoms with Crippen molar-refractivity contribution < 1.29 is 28.5 Å². The molecule has 2 heterocycles. The van der Waals surface area contributed by atoms with Crippen LogP contribution in [0.1, 0.15) is 62.1 Å². The third kappa shape index (κ3) is 8.43. The minimum Gasteiger partial charge on any atom is -0.491 e. The monoisotopic (exact) mass is 583 g/mol. The van der Waals surface area contributed by atoms with Gasteiger partial charge in [-0.05, 0) is 80.0 Å². The lowest BCUT2D eigenvalue weighted by atomic mass is 9.75. The van der Waals surface area contributed by atoms with Crippen molar-refractivity contribution in [3.8, 4) is 11.6 Å². The lowest BCUT2D eigenvalue weighted by molar-refractivity contribution is -0.155. The number of amides is 1. The van der Waals surface area contributed by atoms with Crippen molar-refractivity contribution >= 4 is 5.91 Å². The van der Waals surface area contributed by atoms with E-state index in [1.54, 1.807) is 27.5 Å². The standard InChI is InChI=1S/C33H49N3O6/c1-5-6-16-42-31-22-27(11-13-35-31)33(40-4)12-14-34-23-30(33)32(37)36(28-9-10-28)24-26-19-25(8-7-15-38-2)20-29(21-26)41-18-17-39-3/h11,13,19-22,28,30,34H,5-10,12,14-18,23-24H2,1-4H3/t30?,33-/m0/s1. The summed E-state index contributed by atoms with van der Waals surface area (Å²) in [4.78, 5) is 21.0. The van der Waals surface area contributed by atoms with Gasteiger partial charge in [0, 0.05) is 59.3 Å². The van der Waals surface area contributed by atoms with Crippen LogP contribution in [0.5, 0.6) is 11.6 Å². The molecular weight excluding hydrogens is 534 g/mol. The molecule has 1 aromatic heterocycles. The largest absolute Gasteiger partial charge is 0.491 e. The summed E-state index contributed by atoms with van der Waals surface area (Å²) in [7, 11) is 5.11. The molecule has 1 unspecified atom stereocenters. The number of aromatic nitrogens is 1. The fourth-order valence-corrected chi connectivity index (χ4v) is 5.81. The first-order chi connectivity index (χ1) is 20.5. The summed E-state index contributed by atoms with van der Waals surface area (Å²) in [5.74, 6) is 1.11. The van der Waals surface area contributed by atoms with Crippen LogP contribution >= 0.6 is 0 Å². The van der Waals surface area contributed by atoms with Gasteiger partial charge in [-0.15, -0.1) is 0 Å². The van der Waals surface area contributed by atoms with Crippen molar-refractivity contribution in [1.82, 2.24) is 15.2 Å². The summed E-state index contributed by atoms with van der Waals surface area (Å²) >= 11 is 0. The van der Waals surface area contributed by atoms with E-state index in [-0.39, 0.29) is 17.9 Å². The van der Waals surface area contributed by atoms with Gasteiger partial charge in [-0.25, -0.2) is 4.98 Å². The smallest absolute Gasteiger partial charge is 0.230 e. The van der Waals surface area contributed by atoms with E-state index in [9.17, 15) is 4.79 Å². The molecular formula is C33H49N3O6. The Hall–Kier alpha value is -2.72. The Balaban J connectivity index is 1.59. The van der Waals surface area contributed by atoms with Crippen LogP contribution in [-0.2, 0) is 37.6 Å². The van der Waals surface area contributed by atoms with Crippen molar-refractivity contribution in [3.05, 3.63) is 53.2 Å². The molecule has 1 amide bonds. The summed E-state index contributed by atoms with van der Waals surface area (Å²) in [5, 5.41) is 3.47. The molecule has 9 nitrogen and oxygen atoms in total. The Morgan fingerprint density at radius 3 is 2.55 bits per heavy atom. The number of hydrogen-bond donors (Lipinski definition) is 1. The number of ether oxygens (including phenoxy) is 5. The number of piperidine rings is 1. The van der Waals surface area contributed by atoms with Crippen molar-refractivity contribution in [2.75, 3.05) is 60.8 Å². The number of hydrogen-bond acceptors (Lipinski definition) is 8. The van der Waals surface area contributed by atoms with Crippen LogP contribution in [0.15, 0.2) is 36.5 Å². The molecule has 1 saturated carbocycles. The van der Waals surface area contributed by atoms with Crippen LogP contribution in [-0.4, -0.2) is 82.7 Å². The highest BCUT2D eigenvalue weighted by atomic mass is 16.5. The Labute approximate surface area is 251 Å². The van der Waals surface area contributed by atoms with Gasteiger partial charge in [-0.2, -0.15) is 0 Å². The van der Waals surface area contributed by atoms with E-state index < -0.39 is 5.60 Å². The summed E-state index contributed by atoms with van der Waals surface area (Å²) in [6.45, 7) is 6.29. The van der Waals surface area contributed by atoms with Gasteiger partial charge in [0.1, 0.15) is 18.0 Å². The van der Waals surface area contributed by atoms with Crippen LogP contribution in [0.25, 0.3) is 0 Å². The topological polar surface area (TPSA) is 91.4 Å². The molecule has 4 rings (SSSR count). The van der Waals surface area contributed by atoms with Gasteiger partial charge in [0.15, 0.2) is 0 Å². The highest BCUT2D eigenvalue weighted by molar-refractivity contribution is 5.81. The highest BCUT2D eigenvalue weighted by Gasteiger charge is 2.50. The second kappa shape index (κ2) is 16.2. The number of rotatable bonds is 18. The molecule has 1 aromatic carbocycles. The van der Waals surface area contributed by atoms with Gasteiger partial charge in [0.25, 0.3) is 0 Å². The predicted molar refractivity (Wildman–Crippen MR) is 162 cm³/mol. The van der Waals surface area contributed by atoms with E-state index in [4.69, 9.17) is 23.7 Å². The van der Waals surface area contributed by atoms with E-state index in [0.29, 0.717) is 51.8 Å². The molecule has 1 aliphatic heterocycles. The second-order valence-electron chi connectivity index (χ2n) is 11.3. The van der Waals surface area contributed by atoms with Crippen LogP contribution in [0.2, 0.25) is 0 Å². The van der Waals surface area contributed by atoms with Gasteiger partial charge in [0.05, 0.1) is 19.1 Å². The van der Waals surface area contributed by atoms with Gasteiger partial charge in [-0.1, -0.05) is 19.4 Å². The minimum atomic E-state index is -0.766. The van der Waals surface area contributed by atoms with Crippen LogP contribution < -0.4 is 14.8 Å². The lowest BCUT2D eigenvalue weighted by Gasteiger charge is -2.44. The summed E-state index contributed by atoms with van der Waals surface area (Å²) in [5.41, 5.74) is 2.42. The summed E-state index contributed by atoms with van der Waals surface area (Å²) in [6, 6.07) is 10.5. The Morgan fingerprint density at radius 2 is 1.81 bits per heavy atom. The van der Waals surface area contributed by atoms with Crippen molar-refractivity contribution in [2.24, 2.45) is 5.92 Å². The highest BCUT2D eigenvalue weighted by Crippen LogP contribution is 2.42. The van der Waals surface area contributed by atoms with E-state index >= 15 is 0 Å². The van der Waals surface area contributed by atoms with Crippen LogP contribution in [0.3, 0.4) is 0 Å². The first kappa shape index (κ1) is 32.2. The molecule has 1 aliphatic carbocycles. The molecule has 2 aliphatic rings. The van der Waals surface area contributed by atoms with Gasteiger partial charge in [0.2, 0.25) is 11.8 Å². The lowest BCUT2D eigenvalue weighted by Crippen LogP contribution is -2.56. The zero-order valence-corrected chi connectivity index (χ0v) is 25.9. The van der Waals surface area contributed by atoms with E-state index in [2.05, 4.69) is 40.3 Å². The number of benzene rings is 1. The molecule has 232 valence electrons. The van der Waals surface area contributed by atoms with Gasteiger partial charge < -0.3 is 33.9 Å². The van der Waals surface area contributed by atoms with E-state index in [1.807, 2.05) is 12.1 Å². The van der Waals surface area contributed by atoms with Gasteiger partial charge in [-0.3, -0.25) is 4.79 Å². The number of unbranched alkanes of at least 4 members (excludes halogenated alkanes) is 1. The third-order valence-electron chi connectivity index (χ3n) is 8.24. The molecule has 0 bridgehead atoms. The van der Waals surface area contributed by atoms with Crippen LogP contribution in [0, 0.1) is 5.92 Å². The first-order valence-corrected chi connectivity index (χ1v) is 15.4. The molecule has 0 spiro atoms. The Morgan fingerprint density at radius 1 is 1.00 bits per heavy atom. The molecule has 2 atom stereocenters. The maximum absolute atomic E-state index is 14.5. The first-order valence-electron chi connectivity index (χ1n) is 15.4. The molecule has 1 saturated heterocycles. The average molecular weight is 584 g/mol. The van der Waals surface area contributed by atoms with E-state index in [0.717, 1.165) is 61.9 Å². The molecule has 1 N–H and O–H groups in total. The molecule has 42 heavy (non-hydrogen) atoms. The number of pyridine rings is 1. The van der Waals surface area contributed by atoms with Crippen molar-refractivity contribution in [1.29, 1.82) is 0 Å². The maximum atomic E-state index is 14.5. The number of carbonyl (C=O) groups is 1. The number of carbonyl (C=O) groups excluding carboxylic acids is 1. The molecule has 2 aromatic rings. The number of nitrogens with one attached hydrogen (secondary N) is 1. The van der Waals surface area contributed by atoms with Gasteiger partial charge >= 0.3 is 0 Å². The fourth-order valence-electron chi connectivity index (χ4n) is 5.81. The number of methoxy groups -OCH3 is 3. The average Bonchev–Trinajstić information content (AvgIpc) is 3.86. The number of nitrogens with zero attached hydrogens (tertiary/aromatic N) is 2. The number of aryl methyl sites for hydroxylation is 1. The normalized spacial score (nSPS) is 20.3. The van der Waals surface area contributed by atoms with E-state index in [1.165, 1.54) is 5.56 Å². The summed E-state index contributed by atoms with van der Waals surface area (Å²) in [6.07, 6.45) is 8.30. The zero-order chi connectivity index (χ0) is 29.8. The van der Waals surface area contributed by atoms with Crippen LogP contribution in [0.4, 0.5) is 0 Å². The maximum Gasteiger partial charge on any atom is 0.230 e. The van der Waals surface area contributed by atoms with Crippen molar-refractivity contribution in [3.63, 3.8) is 0 Å².